The van der Waals surface area contributed by atoms with Crippen LogP contribution in [0.4, 0.5) is 0 Å². The molecule has 0 radical (unpaired) electrons. The summed E-state index contributed by atoms with van der Waals surface area (Å²) in [6.07, 6.45) is 1.18. The van der Waals surface area contributed by atoms with Crippen molar-refractivity contribution in [2.24, 2.45) is 5.92 Å². The predicted molar refractivity (Wildman–Crippen MR) is 71.0 cm³/mol. The van der Waals surface area contributed by atoms with Crippen molar-refractivity contribution in [1.82, 2.24) is 9.88 Å². The smallest absolute Gasteiger partial charge is 0.138 e. The first-order valence-electron chi connectivity index (χ1n) is 6.44. The summed E-state index contributed by atoms with van der Waals surface area (Å²) < 4.78 is 0. The van der Waals surface area contributed by atoms with E-state index in [4.69, 9.17) is 0 Å². The van der Waals surface area contributed by atoms with Crippen LogP contribution in [0.25, 0.3) is 0 Å². The predicted octanol–water partition coefficient (Wildman–Crippen LogP) is 2.96. The molecule has 3 nitrogen and oxygen atoms in total. The highest BCUT2D eigenvalue weighted by Gasteiger charge is 2.11. The van der Waals surface area contributed by atoms with E-state index < -0.39 is 0 Å². The summed E-state index contributed by atoms with van der Waals surface area (Å²) in [5, 5.41) is 9.78. The minimum Gasteiger partial charge on any atom is -0.506 e. The Hall–Kier alpha value is -1.09. The van der Waals surface area contributed by atoms with Gasteiger partial charge in [-0.1, -0.05) is 27.2 Å². The Balaban J connectivity index is 2.69. The molecule has 0 fully saturated rings. The van der Waals surface area contributed by atoms with Gasteiger partial charge in [0.25, 0.3) is 0 Å². The standard InChI is InChI=1S/C14H24N2O/c1-5-11(3)9-16(6-2)10-13-14(17)8-7-12(4)15-13/h7-8,11,17H,5-6,9-10H2,1-4H3. The highest BCUT2D eigenvalue weighted by atomic mass is 16.3. The van der Waals surface area contributed by atoms with Gasteiger partial charge in [-0.3, -0.25) is 9.88 Å². The van der Waals surface area contributed by atoms with E-state index in [1.165, 1.54) is 6.42 Å². The second kappa shape index (κ2) is 6.60. The maximum Gasteiger partial charge on any atom is 0.138 e. The first kappa shape index (κ1) is 14.0. The molecule has 1 unspecified atom stereocenters. The molecule has 0 saturated heterocycles. The number of rotatable bonds is 6. The number of aryl methyl sites for hydroxylation is 1. The van der Waals surface area contributed by atoms with Crippen LogP contribution in [0.5, 0.6) is 5.75 Å². The maximum atomic E-state index is 9.78. The zero-order chi connectivity index (χ0) is 12.8. The minimum absolute atomic E-state index is 0.304. The van der Waals surface area contributed by atoms with Gasteiger partial charge in [0.1, 0.15) is 5.75 Å². The van der Waals surface area contributed by atoms with Gasteiger partial charge < -0.3 is 5.11 Å². The molecule has 1 N–H and O–H groups in total. The van der Waals surface area contributed by atoms with Gasteiger partial charge >= 0.3 is 0 Å². The Morgan fingerprint density at radius 3 is 2.65 bits per heavy atom. The molecule has 0 saturated carbocycles. The van der Waals surface area contributed by atoms with E-state index in [-0.39, 0.29) is 0 Å². The summed E-state index contributed by atoms with van der Waals surface area (Å²) in [6, 6.07) is 3.57. The summed E-state index contributed by atoms with van der Waals surface area (Å²) >= 11 is 0. The summed E-state index contributed by atoms with van der Waals surface area (Å²) in [4.78, 5) is 6.73. The third-order valence-electron chi connectivity index (χ3n) is 3.18. The number of aromatic hydroxyl groups is 1. The molecule has 0 spiro atoms. The number of nitrogens with zero attached hydrogens (tertiary/aromatic N) is 2. The molecule has 0 bridgehead atoms. The van der Waals surface area contributed by atoms with Gasteiger partial charge in [-0.2, -0.15) is 0 Å². The molecular formula is C14H24N2O. The van der Waals surface area contributed by atoms with Gasteiger partial charge in [0.05, 0.1) is 5.69 Å². The molecule has 1 heterocycles. The summed E-state index contributed by atoms with van der Waals surface area (Å²) in [5.74, 6) is 0.986. The van der Waals surface area contributed by atoms with Crippen molar-refractivity contribution in [3.8, 4) is 5.75 Å². The molecule has 0 aliphatic rings. The largest absolute Gasteiger partial charge is 0.506 e. The van der Waals surface area contributed by atoms with Crippen LogP contribution in [0.15, 0.2) is 12.1 Å². The van der Waals surface area contributed by atoms with Crippen molar-refractivity contribution in [2.45, 2.75) is 40.7 Å². The second-order valence-electron chi connectivity index (χ2n) is 4.76. The quantitative estimate of drug-likeness (QED) is 0.825. The van der Waals surface area contributed by atoms with Crippen LogP contribution in [-0.2, 0) is 6.54 Å². The lowest BCUT2D eigenvalue weighted by molar-refractivity contribution is 0.232. The SMILES string of the molecule is CCC(C)CN(CC)Cc1nc(C)ccc1O. The zero-order valence-electron chi connectivity index (χ0n) is 11.4. The monoisotopic (exact) mass is 236 g/mol. The van der Waals surface area contributed by atoms with Gasteiger partial charge in [-0.25, -0.2) is 0 Å². The van der Waals surface area contributed by atoms with Crippen molar-refractivity contribution in [3.05, 3.63) is 23.5 Å². The Bertz CT molecular complexity index is 352. The molecule has 1 aromatic heterocycles. The Kier molecular flexibility index (Phi) is 5.42. The van der Waals surface area contributed by atoms with E-state index in [9.17, 15) is 5.11 Å². The molecule has 0 aliphatic carbocycles. The summed E-state index contributed by atoms with van der Waals surface area (Å²) in [5.41, 5.74) is 1.74. The molecule has 17 heavy (non-hydrogen) atoms. The molecule has 1 atom stereocenters. The average molecular weight is 236 g/mol. The van der Waals surface area contributed by atoms with E-state index in [0.717, 1.165) is 31.0 Å². The zero-order valence-corrected chi connectivity index (χ0v) is 11.4. The van der Waals surface area contributed by atoms with Crippen LogP contribution >= 0.6 is 0 Å². The van der Waals surface area contributed by atoms with E-state index in [1.807, 2.05) is 13.0 Å². The number of pyridine rings is 1. The number of aromatic nitrogens is 1. The fourth-order valence-corrected chi connectivity index (χ4v) is 1.81. The van der Waals surface area contributed by atoms with Crippen molar-refractivity contribution in [2.75, 3.05) is 13.1 Å². The van der Waals surface area contributed by atoms with E-state index in [0.29, 0.717) is 11.7 Å². The molecule has 0 amide bonds. The second-order valence-corrected chi connectivity index (χ2v) is 4.76. The lowest BCUT2D eigenvalue weighted by Crippen LogP contribution is -2.28. The molecule has 1 aromatic rings. The normalized spacial score (nSPS) is 13.0. The molecule has 1 rings (SSSR count). The fourth-order valence-electron chi connectivity index (χ4n) is 1.81. The topological polar surface area (TPSA) is 36.4 Å². The fraction of sp³-hybridized carbons (Fsp3) is 0.643. The van der Waals surface area contributed by atoms with E-state index >= 15 is 0 Å². The van der Waals surface area contributed by atoms with Crippen LogP contribution in [0, 0.1) is 12.8 Å². The Labute approximate surface area is 104 Å². The molecular weight excluding hydrogens is 212 g/mol. The maximum absolute atomic E-state index is 9.78. The van der Waals surface area contributed by atoms with Crippen LogP contribution < -0.4 is 0 Å². The molecule has 0 aliphatic heterocycles. The van der Waals surface area contributed by atoms with Crippen LogP contribution in [0.1, 0.15) is 38.6 Å². The van der Waals surface area contributed by atoms with Crippen molar-refractivity contribution < 1.29 is 5.11 Å². The van der Waals surface area contributed by atoms with Crippen LogP contribution in [0.2, 0.25) is 0 Å². The van der Waals surface area contributed by atoms with Gasteiger partial charge in [-0.05, 0) is 31.5 Å². The summed E-state index contributed by atoms with van der Waals surface area (Å²) in [7, 11) is 0. The lowest BCUT2D eigenvalue weighted by Gasteiger charge is -2.23. The highest BCUT2D eigenvalue weighted by Crippen LogP contribution is 2.17. The van der Waals surface area contributed by atoms with E-state index in [2.05, 4.69) is 30.7 Å². The van der Waals surface area contributed by atoms with Crippen molar-refractivity contribution >= 4 is 0 Å². The van der Waals surface area contributed by atoms with Gasteiger partial charge in [0.15, 0.2) is 0 Å². The highest BCUT2D eigenvalue weighted by molar-refractivity contribution is 5.27. The van der Waals surface area contributed by atoms with Crippen LogP contribution in [0.3, 0.4) is 0 Å². The van der Waals surface area contributed by atoms with Crippen molar-refractivity contribution in [1.29, 1.82) is 0 Å². The third kappa shape index (κ3) is 4.35. The van der Waals surface area contributed by atoms with Gasteiger partial charge in [0.2, 0.25) is 0 Å². The molecule has 0 aromatic carbocycles. The van der Waals surface area contributed by atoms with Gasteiger partial charge in [0, 0.05) is 18.8 Å². The van der Waals surface area contributed by atoms with E-state index in [1.54, 1.807) is 6.07 Å². The Morgan fingerprint density at radius 2 is 2.06 bits per heavy atom. The minimum atomic E-state index is 0.304. The van der Waals surface area contributed by atoms with Crippen molar-refractivity contribution in [3.63, 3.8) is 0 Å². The number of hydrogen-bond donors (Lipinski definition) is 1. The average Bonchev–Trinajstić information content (AvgIpc) is 2.32. The Morgan fingerprint density at radius 1 is 1.35 bits per heavy atom. The van der Waals surface area contributed by atoms with Gasteiger partial charge in [-0.15, -0.1) is 0 Å². The first-order valence-corrected chi connectivity index (χ1v) is 6.44. The lowest BCUT2D eigenvalue weighted by atomic mass is 10.1. The molecule has 96 valence electrons. The van der Waals surface area contributed by atoms with Crippen LogP contribution in [-0.4, -0.2) is 28.1 Å². The third-order valence-corrected chi connectivity index (χ3v) is 3.18. The molecule has 3 heteroatoms. The first-order chi connectivity index (χ1) is 8.06. The summed E-state index contributed by atoms with van der Waals surface area (Å²) in [6.45, 7) is 11.3. The number of hydrogen-bond acceptors (Lipinski definition) is 3.